The second-order valence-electron chi connectivity index (χ2n) is 14.1. The number of likely N-dealkylation sites (tertiary alicyclic amines) is 2. The maximum atomic E-state index is 11.9. The molecule has 9 nitrogen and oxygen atoms in total. The first kappa shape index (κ1) is 34.0. The van der Waals surface area contributed by atoms with Crippen LogP contribution in [0, 0.1) is 5.41 Å². The molecule has 4 aliphatic rings. The Labute approximate surface area is 310 Å². The molecule has 1 N–H and O–H groups in total. The molecule has 1 saturated carbocycles. The third-order valence-corrected chi connectivity index (χ3v) is 12.7. The second-order valence-corrected chi connectivity index (χ2v) is 16.4. The number of nitrogens with zero attached hydrogens (tertiary/aromatic N) is 6. The molecule has 258 valence electrons. The van der Waals surface area contributed by atoms with E-state index in [2.05, 4.69) is 15.1 Å². The minimum Gasteiger partial charge on any atom is -0.348 e. The van der Waals surface area contributed by atoms with E-state index in [9.17, 15) is 9.59 Å². The summed E-state index contributed by atoms with van der Waals surface area (Å²) in [7, 11) is 0. The smallest absolute Gasteiger partial charge is 0.220 e. The van der Waals surface area contributed by atoms with E-state index in [0.717, 1.165) is 95.7 Å². The highest BCUT2D eigenvalue weighted by atomic mass is 35.5. The maximum absolute atomic E-state index is 11.9. The summed E-state index contributed by atoms with van der Waals surface area (Å²) < 4.78 is 0. The Morgan fingerprint density at radius 1 is 0.740 bits per heavy atom. The van der Waals surface area contributed by atoms with Gasteiger partial charge in [0.05, 0.1) is 50.8 Å². The van der Waals surface area contributed by atoms with Crippen molar-refractivity contribution in [3.8, 4) is 33.6 Å². The van der Waals surface area contributed by atoms with Crippen molar-refractivity contribution >= 4 is 58.4 Å². The maximum Gasteiger partial charge on any atom is 0.220 e. The first-order valence-corrected chi connectivity index (χ1v) is 20.0. The summed E-state index contributed by atoms with van der Waals surface area (Å²) in [5, 5.41) is 5.97. The first-order chi connectivity index (χ1) is 24.2. The Kier molecular flexibility index (Phi) is 9.18. The summed E-state index contributed by atoms with van der Waals surface area (Å²) in [6.07, 6.45) is 11.6. The SMILES string of the molecule is CSc1nc(-c2cccc(-c3cccc(-c4cnc(CN5CC6(CCC(=O)N6)C5)c(SC)n4)c3Cl)c2Cl)cnc1CN1CC2(CCC(=O)C2)C1. The number of carbonyl (C=O) groups excluding carboxylic acids is 2. The normalized spacial score (nSPS) is 19.6. The monoisotopic (exact) mass is 745 g/mol. The van der Waals surface area contributed by atoms with Crippen LogP contribution in [0.4, 0.5) is 0 Å². The van der Waals surface area contributed by atoms with E-state index in [1.165, 1.54) is 0 Å². The van der Waals surface area contributed by atoms with Crippen molar-refractivity contribution in [2.75, 3.05) is 38.7 Å². The van der Waals surface area contributed by atoms with Gasteiger partial charge in [-0.1, -0.05) is 59.6 Å². The number of ketones is 1. The molecule has 50 heavy (non-hydrogen) atoms. The Morgan fingerprint density at radius 2 is 1.26 bits per heavy atom. The third kappa shape index (κ3) is 6.34. The molecule has 5 heterocycles. The van der Waals surface area contributed by atoms with Crippen LogP contribution in [0.15, 0.2) is 58.8 Å². The second kappa shape index (κ2) is 13.5. The van der Waals surface area contributed by atoms with Crippen LogP contribution in [0.5, 0.6) is 0 Å². The van der Waals surface area contributed by atoms with E-state index in [4.69, 9.17) is 43.1 Å². The van der Waals surface area contributed by atoms with Crippen molar-refractivity contribution in [2.45, 2.75) is 60.8 Å². The molecular formula is C37H37Cl2N7O2S2. The van der Waals surface area contributed by atoms with Crippen molar-refractivity contribution in [2.24, 2.45) is 5.41 Å². The summed E-state index contributed by atoms with van der Waals surface area (Å²) in [6, 6.07) is 11.8. The molecule has 4 fully saturated rings. The number of hydrogen-bond acceptors (Lipinski definition) is 10. The number of Topliss-reactive ketones (excluding diaryl/α,β-unsaturated/α-hetero) is 1. The molecule has 2 aromatic carbocycles. The Hall–Kier alpha value is -3.06. The average Bonchev–Trinajstić information content (AvgIpc) is 3.68. The van der Waals surface area contributed by atoms with Gasteiger partial charge in [-0.05, 0) is 25.4 Å². The van der Waals surface area contributed by atoms with Crippen LogP contribution >= 0.6 is 46.7 Å². The van der Waals surface area contributed by atoms with Crippen LogP contribution in [-0.2, 0) is 22.7 Å². The zero-order valence-electron chi connectivity index (χ0n) is 28.0. The Bertz CT molecular complexity index is 1870. The molecule has 0 atom stereocenters. The zero-order chi connectivity index (χ0) is 34.6. The van der Waals surface area contributed by atoms with E-state index >= 15 is 0 Å². The van der Waals surface area contributed by atoms with Crippen LogP contribution in [0.3, 0.4) is 0 Å². The lowest BCUT2D eigenvalue weighted by Gasteiger charge is -2.47. The Balaban J connectivity index is 1.01. The molecule has 2 aromatic heterocycles. The van der Waals surface area contributed by atoms with Gasteiger partial charge in [-0.3, -0.25) is 29.4 Å². The molecular weight excluding hydrogens is 709 g/mol. The summed E-state index contributed by atoms with van der Waals surface area (Å²) in [5.74, 6) is 0.543. The van der Waals surface area contributed by atoms with Crippen LogP contribution in [0.2, 0.25) is 10.0 Å². The number of halogens is 2. The topological polar surface area (TPSA) is 104 Å². The van der Waals surface area contributed by atoms with E-state index in [-0.39, 0.29) is 16.9 Å². The van der Waals surface area contributed by atoms with Crippen molar-refractivity contribution in [1.29, 1.82) is 0 Å². The van der Waals surface area contributed by atoms with Crippen molar-refractivity contribution in [3.63, 3.8) is 0 Å². The molecule has 0 bridgehead atoms. The lowest BCUT2D eigenvalue weighted by atomic mass is 9.78. The van der Waals surface area contributed by atoms with Gasteiger partial charge >= 0.3 is 0 Å². The summed E-state index contributed by atoms with van der Waals surface area (Å²) >= 11 is 17.4. The summed E-state index contributed by atoms with van der Waals surface area (Å²) in [5.41, 5.74) is 6.52. The number of hydrogen-bond donors (Lipinski definition) is 1. The minimum atomic E-state index is -0.0687. The van der Waals surface area contributed by atoms with E-state index in [1.54, 1.807) is 35.9 Å². The van der Waals surface area contributed by atoms with Gasteiger partial charge in [0.2, 0.25) is 5.91 Å². The van der Waals surface area contributed by atoms with Crippen molar-refractivity contribution in [1.82, 2.24) is 35.1 Å². The molecule has 0 unspecified atom stereocenters. The standard InChI is InChI=1S/C37H37Cl2N7O2S2/c1-49-34-29(16-45-18-36(19-45)11-9-22(47)13-36)40-14-27(42-34)25-7-3-5-23(32(25)38)24-6-4-8-26(33(24)39)28-15-41-30(35(43-28)50-2)17-46-20-37(21-46)12-10-31(48)44-37/h3-8,14-15H,9-13,16-21H2,1-2H3,(H,44,48). The third-order valence-electron chi connectivity index (χ3n) is 10.5. The highest BCUT2D eigenvalue weighted by molar-refractivity contribution is 7.98. The van der Waals surface area contributed by atoms with E-state index < -0.39 is 0 Å². The minimum absolute atomic E-state index is 0.0687. The molecule has 2 spiro atoms. The summed E-state index contributed by atoms with van der Waals surface area (Å²) in [6.45, 7) is 4.96. The number of rotatable bonds is 9. The van der Waals surface area contributed by atoms with Crippen LogP contribution in [0.25, 0.3) is 33.6 Å². The molecule has 1 aliphatic carbocycles. The largest absolute Gasteiger partial charge is 0.348 e. The van der Waals surface area contributed by atoms with Gasteiger partial charge in [0.25, 0.3) is 0 Å². The molecule has 13 heteroatoms. The highest BCUT2D eigenvalue weighted by Crippen LogP contribution is 2.45. The summed E-state index contributed by atoms with van der Waals surface area (Å²) in [4.78, 5) is 48.0. The molecule has 0 radical (unpaired) electrons. The van der Waals surface area contributed by atoms with Gasteiger partial charge in [0.15, 0.2) is 0 Å². The molecule has 8 rings (SSSR count). The number of nitrogens with one attached hydrogen (secondary N) is 1. The van der Waals surface area contributed by atoms with Gasteiger partial charge in [-0.15, -0.1) is 23.5 Å². The fraction of sp³-hybridized carbons (Fsp3) is 0.405. The fourth-order valence-corrected chi connectivity index (χ4v) is 9.85. The fourth-order valence-electron chi connectivity index (χ4n) is 8.11. The average molecular weight is 747 g/mol. The van der Waals surface area contributed by atoms with E-state index in [0.29, 0.717) is 46.6 Å². The highest BCUT2D eigenvalue weighted by Gasteiger charge is 2.48. The molecule has 4 aromatic rings. The number of thioether (sulfide) groups is 2. The van der Waals surface area contributed by atoms with Crippen molar-refractivity contribution < 1.29 is 9.59 Å². The quantitative estimate of drug-likeness (QED) is 0.180. The molecule has 1 amide bonds. The number of amides is 1. The lowest BCUT2D eigenvalue weighted by molar-refractivity contribution is -0.121. The number of aromatic nitrogens is 4. The van der Waals surface area contributed by atoms with Crippen molar-refractivity contribution in [3.05, 3.63) is 70.2 Å². The van der Waals surface area contributed by atoms with Crippen LogP contribution in [0.1, 0.15) is 43.5 Å². The van der Waals surface area contributed by atoms with Gasteiger partial charge in [0.1, 0.15) is 15.8 Å². The molecule has 3 aliphatic heterocycles. The van der Waals surface area contributed by atoms with Gasteiger partial charge in [-0.2, -0.15) is 0 Å². The first-order valence-electron chi connectivity index (χ1n) is 16.8. The zero-order valence-corrected chi connectivity index (χ0v) is 31.1. The number of benzene rings is 2. The lowest BCUT2D eigenvalue weighted by Crippen LogP contribution is -2.66. The predicted molar refractivity (Wildman–Crippen MR) is 199 cm³/mol. The van der Waals surface area contributed by atoms with Crippen LogP contribution < -0.4 is 5.32 Å². The molecule has 3 saturated heterocycles. The van der Waals surface area contributed by atoms with Crippen LogP contribution in [-0.4, -0.2) is 85.7 Å². The van der Waals surface area contributed by atoms with Gasteiger partial charge in [-0.25, -0.2) is 9.97 Å². The predicted octanol–water partition coefficient (Wildman–Crippen LogP) is 7.04. The van der Waals surface area contributed by atoms with E-state index in [1.807, 2.05) is 48.9 Å². The Morgan fingerprint density at radius 3 is 1.72 bits per heavy atom. The van der Waals surface area contributed by atoms with Gasteiger partial charge in [0, 0.05) is 86.2 Å². The van der Waals surface area contributed by atoms with Gasteiger partial charge < -0.3 is 5.32 Å². The number of carbonyl (C=O) groups is 2.